The molecule has 0 saturated carbocycles. The van der Waals surface area contributed by atoms with Crippen LogP contribution in [0.1, 0.15) is 32.0 Å². The number of carbonyl (C=O) groups is 2. The second-order valence-corrected chi connectivity index (χ2v) is 6.80. The lowest BCUT2D eigenvalue weighted by Crippen LogP contribution is -2.26. The summed E-state index contributed by atoms with van der Waals surface area (Å²) in [6.07, 6.45) is -0.579. The Morgan fingerprint density at radius 2 is 1.93 bits per heavy atom. The molecular formula is C19H15F3N4O2S. The van der Waals surface area contributed by atoms with Crippen LogP contribution >= 0.6 is 11.3 Å². The van der Waals surface area contributed by atoms with E-state index in [4.69, 9.17) is 0 Å². The number of pyridine rings is 1. The summed E-state index contributed by atoms with van der Waals surface area (Å²) in [6, 6.07) is 7.76. The monoisotopic (exact) mass is 420 g/mol. The number of anilines is 1. The summed E-state index contributed by atoms with van der Waals surface area (Å²) in [5.41, 5.74) is 0.0103. The summed E-state index contributed by atoms with van der Waals surface area (Å²) in [5.74, 6) is -1.15. The van der Waals surface area contributed by atoms with Crippen molar-refractivity contribution >= 4 is 28.3 Å². The SMILES string of the molecule is O=C(Nc1nc(C(=O)NCCc2cccnc2)cs1)c1cccc(C(F)(F)F)c1. The Morgan fingerprint density at radius 3 is 2.66 bits per heavy atom. The Kier molecular flexibility index (Phi) is 6.23. The number of halogens is 3. The van der Waals surface area contributed by atoms with E-state index in [1.54, 1.807) is 18.5 Å². The molecule has 0 atom stereocenters. The first kappa shape index (κ1) is 20.5. The molecule has 0 aliphatic heterocycles. The Hall–Kier alpha value is -3.27. The van der Waals surface area contributed by atoms with Gasteiger partial charge in [-0.25, -0.2) is 4.98 Å². The zero-order valence-electron chi connectivity index (χ0n) is 14.9. The van der Waals surface area contributed by atoms with Crippen molar-refractivity contribution in [3.8, 4) is 0 Å². The standard InChI is InChI=1S/C19H15F3N4O2S/c20-19(21,22)14-5-1-4-13(9-14)16(27)26-18-25-15(11-29-18)17(28)24-8-6-12-3-2-7-23-10-12/h1-5,7,9-11H,6,8H2,(H,24,28)(H,25,26,27). The maximum absolute atomic E-state index is 12.8. The van der Waals surface area contributed by atoms with Gasteiger partial charge in [0.2, 0.25) is 0 Å². The Bertz CT molecular complexity index is 1010. The molecule has 0 spiro atoms. The molecule has 2 amide bonds. The molecule has 3 rings (SSSR count). The predicted octanol–water partition coefficient (Wildman–Crippen LogP) is 3.78. The van der Waals surface area contributed by atoms with Gasteiger partial charge in [0.15, 0.2) is 5.13 Å². The van der Waals surface area contributed by atoms with E-state index in [2.05, 4.69) is 20.6 Å². The van der Waals surface area contributed by atoms with Crippen molar-refractivity contribution in [1.29, 1.82) is 0 Å². The van der Waals surface area contributed by atoms with Gasteiger partial charge in [-0.2, -0.15) is 13.2 Å². The van der Waals surface area contributed by atoms with Crippen LogP contribution in [0.5, 0.6) is 0 Å². The Labute approximate surface area is 167 Å². The average molecular weight is 420 g/mol. The number of hydrogen-bond donors (Lipinski definition) is 2. The maximum Gasteiger partial charge on any atom is 0.416 e. The van der Waals surface area contributed by atoms with Crippen LogP contribution in [0, 0.1) is 0 Å². The lowest BCUT2D eigenvalue weighted by atomic mass is 10.1. The molecule has 2 N–H and O–H groups in total. The molecule has 0 aliphatic carbocycles. The zero-order valence-corrected chi connectivity index (χ0v) is 15.7. The highest BCUT2D eigenvalue weighted by Gasteiger charge is 2.31. The van der Waals surface area contributed by atoms with Gasteiger partial charge in [0, 0.05) is 29.9 Å². The first-order valence-electron chi connectivity index (χ1n) is 8.44. The zero-order chi connectivity index (χ0) is 20.9. The fraction of sp³-hybridized carbons (Fsp3) is 0.158. The van der Waals surface area contributed by atoms with Gasteiger partial charge in [-0.15, -0.1) is 11.3 Å². The Morgan fingerprint density at radius 1 is 1.10 bits per heavy atom. The van der Waals surface area contributed by atoms with Crippen LogP contribution in [0.25, 0.3) is 0 Å². The lowest BCUT2D eigenvalue weighted by Gasteiger charge is -2.08. The molecule has 10 heteroatoms. The normalized spacial score (nSPS) is 11.1. The van der Waals surface area contributed by atoms with E-state index in [1.807, 2.05) is 6.07 Å². The van der Waals surface area contributed by atoms with Gasteiger partial charge in [-0.05, 0) is 36.2 Å². The van der Waals surface area contributed by atoms with Crippen molar-refractivity contribution in [2.24, 2.45) is 0 Å². The second-order valence-electron chi connectivity index (χ2n) is 5.94. The van der Waals surface area contributed by atoms with E-state index in [-0.39, 0.29) is 16.4 Å². The van der Waals surface area contributed by atoms with Crippen molar-refractivity contribution < 1.29 is 22.8 Å². The van der Waals surface area contributed by atoms with Crippen molar-refractivity contribution in [3.05, 3.63) is 76.6 Å². The lowest BCUT2D eigenvalue weighted by molar-refractivity contribution is -0.137. The van der Waals surface area contributed by atoms with Gasteiger partial charge in [-0.1, -0.05) is 12.1 Å². The summed E-state index contributed by atoms with van der Waals surface area (Å²) in [7, 11) is 0. The van der Waals surface area contributed by atoms with E-state index >= 15 is 0 Å². The van der Waals surface area contributed by atoms with Gasteiger partial charge in [0.25, 0.3) is 11.8 Å². The molecule has 6 nitrogen and oxygen atoms in total. The largest absolute Gasteiger partial charge is 0.416 e. The highest BCUT2D eigenvalue weighted by Crippen LogP contribution is 2.29. The fourth-order valence-corrected chi connectivity index (χ4v) is 3.08. The highest BCUT2D eigenvalue weighted by molar-refractivity contribution is 7.14. The van der Waals surface area contributed by atoms with Crippen molar-refractivity contribution in [3.63, 3.8) is 0 Å². The van der Waals surface area contributed by atoms with Gasteiger partial charge in [-0.3, -0.25) is 19.9 Å². The van der Waals surface area contributed by atoms with E-state index in [9.17, 15) is 22.8 Å². The molecular weight excluding hydrogens is 405 g/mol. The molecule has 0 saturated heterocycles. The molecule has 0 bridgehead atoms. The molecule has 0 aliphatic rings. The Balaban J connectivity index is 1.57. The first-order chi connectivity index (χ1) is 13.8. The number of amides is 2. The molecule has 0 fully saturated rings. The van der Waals surface area contributed by atoms with E-state index in [0.29, 0.717) is 13.0 Å². The fourth-order valence-electron chi connectivity index (χ4n) is 2.40. The van der Waals surface area contributed by atoms with Crippen molar-refractivity contribution in [2.45, 2.75) is 12.6 Å². The minimum Gasteiger partial charge on any atom is -0.350 e. The number of hydrogen-bond acceptors (Lipinski definition) is 5. The third-order valence-corrected chi connectivity index (χ3v) is 4.59. The maximum atomic E-state index is 12.8. The summed E-state index contributed by atoms with van der Waals surface area (Å²) in [6.45, 7) is 0.383. The summed E-state index contributed by atoms with van der Waals surface area (Å²) in [5, 5.41) is 6.69. The van der Waals surface area contributed by atoms with Crippen molar-refractivity contribution in [1.82, 2.24) is 15.3 Å². The summed E-state index contributed by atoms with van der Waals surface area (Å²) in [4.78, 5) is 32.3. The number of nitrogens with zero attached hydrogens (tertiary/aromatic N) is 2. The highest BCUT2D eigenvalue weighted by atomic mass is 32.1. The average Bonchev–Trinajstić information content (AvgIpc) is 3.17. The van der Waals surface area contributed by atoms with Crippen LogP contribution in [-0.2, 0) is 12.6 Å². The molecule has 0 radical (unpaired) electrons. The topological polar surface area (TPSA) is 84.0 Å². The number of nitrogens with one attached hydrogen (secondary N) is 2. The second kappa shape index (κ2) is 8.82. The minimum atomic E-state index is -4.54. The molecule has 150 valence electrons. The number of thiazole rings is 1. The van der Waals surface area contributed by atoms with Gasteiger partial charge in [0.1, 0.15) is 5.69 Å². The predicted molar refractivity (Wildman–Crippen MR) is 102 cm³/mol. The molecule has 2 heterocycles. The number of benzene rings is 1. The third-order valence-electron chi connectivity index (χ3n) is 3.83. The van der Waals surface area contributed by atoms with Crippen LogP contribution in [0.4, 0.5) is 18.3 Å². The van der Waals surface area contributed by atoms with Crippen LogP contribution in [0.3, 0.4) is 0 Å². The quantitative estimate of drug-likeness (QED) is 0.636. The minimum absolute atomic E-state index is 0.112. The molecule has 2 aromatic heterocycles. The van der Waals surface area contributed by atoms with Crippen LogP contribution in [0.2, 0.25) is 0 Å². The van der Waals surface area contributed by atoms with E-state index in [0.717, 1.165) is 35.1 Å². The van der Waals surface area contributed by atoms with Crippen LogP contribution in [0.15, 0.2) is 54.2 Å². The van der Waals surface area contributed by atoms with Crippen molar-refractivity contribution in [2.75, 3.05) is 11.9 Å². The van der Waals surface area contributed by atoms with E-state index in [1.165, 1.54) is 11.4 Å². The molecule has 0 unspecified atom stereocenters. The molecule has 3 aromatic rings. The number of carbonyl (C=O) groups excluding carboxylic acids is 2. The van der Waals surface area contributed by atoms with Crippen LogP contribution < -0.4 is 10.6 Å². The van der Waals surface area contributed by atoms with E-state index < -0.39 is 23.6 Å². The first-order valence-corrected chi connectivity index (χ1v) is 9.32. The van der Waals surface area contributed by atoms with Gasteiger partial charge < -0.3 is 5.32 Å². The van der Waals surface area contributed by atoms with Gasteiger partial charge >= 0.3 is 6.18 Å². The third kappa shape index (κ3) is 5.61. The van der Waals surface area contributed by atoms with Crippen LogP contribution in [-0.4, -0.2) is 28.3 Å². The van der Waals surface area contributed by atoms with Gasteiger partial charge in [0.05, 0.1) is 5.56 Å². The smallest absolute Gasteiger partial charge is 0.350 e. The number of rotatable bonds is 6. The molecule has 29 heavy (non-hydrogen) atoms. The summed E-state index contributed by atoms with van der Waals surface area (Å²) >= 11 is 1.00. The number of aromatic nitrogens is 2. The molecule has 1 aromatic carbocycles. The number of alkyl halides is 3. The summed E-state index contributed by atoms with van der Waals surface area (Å²) < 4.78 is 38.3.